The fraction of sp³-hybridized carbons (Fsp3) is 0.182. The van der Waals surface area contributed by atoms with Crippen LogP contribution in [0.4, 0.5) is 13.2 Å². The van der Waals surface area contributed by atoms with E-state index in [1.807, 2.05) is 22.6 Å². The van der Waals surface area contributed by atoms with Crippen molar-refractivity contribution in [2.24, 2.45) is 0 Å². The summed E-state index contributed by atoms with van der Waals surface area (Å²) in [5.41, 5.74) is -0.0474. The Hall–Kier alpha value is -2.51. The maximum absolute atomic E-state index is 13.1. The van der Waals surface area contributed by atoms with E-state index in [1.54, 1.807) is 31.2 Å². The summed E-state index contributed by atoms with van der Waals surface area (Å²) in [4.78, 5) is 25.8. The number of nitrogens with one attached hydrogen (secondary N) is 1. The maximum atomic E-state index is 13.1. The van der Waals surface area contributed by atoms with Crippen molar-refractivity contribution in [3.05, 3.63) is 96.5 Å². The van der Waals surface area contributed by atoms with E-state index in [2.05, 4.69) is 5.32 Å². The van der Waals surface area contributed by atoms with Gasteiger partial charge in [0.25, 0.3) is 11.5 Å². The molecule has 0 aliphatic heterocycles. The first-order valence-corrected chi connectivity index (χ1v) is 11.9. The van der Waals surface area contributed by atoms with Gasteiger partial charge in [0, 0.05) is 21.5 Å². The van der Waals surface area contributed by atoms with E-state index in [0.717, 1.165) is 16.7 Å². The Bertz CT molecular complexity index is 1270. The highest BCUT2D eigenvalue weighted by Crippen LogP contribution is 2.30. The third-order valence-electron chi connectivity index (χ3n) is 4.83. The lowest BCUT2D eigenvalue weighted by Gasteiger charge is -2.16. The number of carbonyl (C=O) groups excluding carboxylic acids is 1. The van der Waals surface area contributed by atoms with Crippen molar-refractivity contribution in [3.63, 3.8) is 0 Å². The molecule has 1 amide bonds. The first kappa shape index (κ1) is 25.1. The molecule has 0 bridgehead atoms. The summed E-state index contributed by atoms with van der Waals surface area (Å²) in [5, 5.41) is 2.63. The van der Waals surface area contributed by atoms with Gasteiger partial charge < -0.3 is 9.87 Å². The summed E-state index contributed by atoms with van der Waals surface area (Å²) in [6.45, 7) is 1.68. The van der Waals surface area contributed by atoms with Crippen LogP contribution in [0, 0.1) is 10.5 Å². The Balaban J connectivity index is 1.89. The summed E-state index contributed by atoms with van der Waals surface area (Å²) >= 11 is -0.0378. The minimum absolute atomic E-state index is 0.0104. The monoisotopic (exact) mass is 590 g/mol. The highest BCUT2D eigenvalue weighted by Gasteiger charge is 2.31. The Morgan fingerprint density at radius 2 is 1.76 bits per heavy atom. The number of amides is 1. The predicted molar refractivity (Wildman–Crippen MR) is 127 cm³/mol. The largest absolute Gasteiger partial charge is 0.416 e. The van der Waals surface area contributed by atoms with Gasteiger partial charge in [-0.05, 0) is 64.9 Å². The molecule has 174 valence electrons. The van der Waals surface area contributed by atoms with Gasteiger partial charge >= 0.3 is 6.18 Å². The van der Waals surface area contributed by atoms with Crippen LogP contribution in [0.3, 0.4) is 0 Å². The second-order valence-electron chi connectivity index (χ2n) is 7.15. The summed E-state index contributed by atoms with van der Waals surface area (Å²) in [6, 6.07) is 12.4. The van der Waals surface area contributed by atoms with E-state index in [-0.39, 0.29) is 23.5 Å². The molecule has 2 N–H and O–H groups in total. The van der Waals surface area contributed by atoms with Crippen molar-refractivity contribution < 1.29 is 26.7 Å². The van der Waals surface area contributed by atoms with Crippen LogP contribution >= 0.6 is 22.6 Å². The average molecular weight is 590 g/mol. The van der Waals surface area contributed by atoms with Crippen molar-refractivity contribution >= 4 is 39.6 Å². The molecular formula is C22H18F3IN2O4S. The third-order valence-corrected chi connectivity index (χ3v) is 6.50. The van der Waals surface area contributed by atoms with Crippen LogP contribution in [-0.4, -0.2) is 19.2 Å². The molecule has 3 rings (SSSR count). The molecule has 1 atom stereocenters. The van der Waals surface area contributed by atoms with Gasteiger partial charge in [0.05, 0.1) is 11.3 Å². The van der Waals surface area contributed by atoms with Crippen LogP contribution in [0.15, 0.2) is 59.4 Å². The minimum Gasteiger partial charge on any atom is -0.348 e. The van der Waals surface area contributed by atoms with Crippen molar-refractivity contribution in [2.45, 2.75) is 25.4 Å². The first-order chi connectivity index (χ1) is 15.5. The molecular weight excluding hydrogens is 572 g/mol. The van der Waals surface area contributed by atoms with E-state index in [4.69, 9.17) is 4.55 Å². The molecule has 0 saturated heterocycles. The molecule has 11 heteroatoms. The topological polar surface area (TPSA) is 88.4 Å². The quantitative estimate of drug-likeness (QED) is 0.329. The summed E-state index contributed by atoms with van der Waals surface area (Å²) in [6.07, 6.45) is -4.57. The Kier molecular flexibility index (Phi) is 7.75. The molecule has 0 aliphatic carbocycles. The number of hydrogen-bond acceptors (Lipinski definition) is 3. The third kappa shape index (κ3) is 6.09. The molecule has 0 spiro atoms. The standard InChI is InChI=1S/C22H18F3IN2O4S/c1-13-19(26)10-18(20(29)27-11-14-5-7-15(8-6-14)12-33(31)32)21(30)28(13)17-4-2-3-16(9-17)22(23,24)25/h2-10H,11-12H2,1H3,(H,27,29)(H,31,32). The fourth-order valence-electron chi connectivity index (χ4n) is 3.14. The minimum atomic E-state index is -4.57. The lowest BCUT2D eigenvalue weighted by molar-refractivity contribution is -0.137. The van der Waals surface area contributed by atoms with E-state index in [1.165, 1.54) is 18.2 Å². The highest BCUT2D eigenvalue weighted by atomic mass is 127. The maximum Gasteiger partial charge on any atom is 0.416 e. The number of pyridine rings is 1. The van der Waals surface area contributed by atoms with Gasteiger partial charge in [0.2, 0.25) is 0 Å². The predicted octanol–water partition coefficient (Wildman–Crippen LogP) is 4.42. The van der Waals surface area contributed by atoms with Crippen LogP contribution in [-0.2, 0) is 29.6 Å². The van der Waals surface area contributed by atoms with Crippen LogP contribution in [0.5, 0.6) is 0 Å². The van der Waals surface area contributed by atoms with Crippen LogP contribution in [0.25, 0.3) is 5.69 Å². The lowest BCUT2D eigenvalue weighted by atomic mass is 10.1. The van der Waals surface area contributed by atoms with Gasteiger partial charge in [-0.2, -0.15) is 13.2 Å². The number of alkyl halides is 3. The van der Waals surface area contributed by atoms with E-state index in [9.17, 15) is 27.0 Å². The number of halogens is 4. The zero-order chi connectivity index (χ0) is 24.3. The summed E-state index contributed by atoms with van der Waals surface area (Å²) < 4.78 is 60.9. The SMILES string of the molecule is Cc1c(I)cc(C(=O)NCc2ccc(CS(=O)O)cc2)c(=O)n1-c1cccc(C(F)(F)F)c1. The zero-order valence-electron chi connectivity index (χ0n) is 17.1. The number of hydrogen-bond donors (Lipinski definition) is 2. The number of aromatic nitrogens is 1. The molecule has 1 heterocycles. The van der Waals surface area contributed by atoms with Gasteiger partial charge in [-0.1, -0.05) is 30.3 Å². The molecule has 1 unspecified atom stereocenters. The second kappa shape index (κ2) is 10.2. The summed E-state index contributed by atoms with van der Waals surface area (Å²) in [7, 11) is 0. The molecule has 0 fully saturated rings. The molecule has 3 aromatic rings. The molecule has 2 aromatic carbocycles. The van der Waals surface area contributed by atoms with Crippen LogP contribution in [0.2, 0.25) is 0 Å². The Morgan fingerprint density at radius 1 is 1.12 bits per heavy atom. The van der Waals surface area contributed by atoms with E-state index < -0.39 is 34.3 Å². The van der Waals surface area contributed by atoms with Gasteiger partial charge in [-0.3, -0.25) is 14.2 Å². The average Bonchev–Trinajstić information content (AvgIpc) is 2.75. The number of nitrogens with zero attached hydrogens (tertiary/aromatic N) is 1. The Labute approximate surface area is 203 Å². The zero-order valence-corrected chi connectivity index (χ0v) is 20.1. The number of carbonyl (C=O) groups is 1. The van der Waals surface area contributed by atoms with Crippen LogP contribution in [0.1, 0.15) is 32.7 Å². The smallest absolute Gasteiger partial charge is 0.348 e. The second-order valence-corrected chi connectivity index (χ2v) is 9.24. The van der Waals surface area contributed by atoms with E-state index >= 15 is 0 Å². The van der Waals surface area contributed by atoms with Gasteiger partial charge in [0.15, 0.2) is 11.1 Å². The molecule has 0 aliphatic rings. The number of rotatable bonds is 6. The van der Waals surface area contributed by atoms with Crippen molar-refractivity contribution in [2.75, 3.05) is 0 Å². The van der Waals surface area contributed by atoms with Crippen molar-refractivity contribution in [1.82, 2.24) is 9.88 Å². The molecule has 6 nitrogen and oxygen atoms in total. The molecule has 33 heavy (non-hydrogen) atoms. The van der Waals surface area contributed by atoms with Crippen molar-refractivity contribution in [1.29, 1.82) is 0 Å². The molecule has 1 aromatic heterocycles. The van der Waals surface area contributed by atoms with Gasteiger partial charge in [-0.15, -0.1) is 0 Å². The Morgan fingerprint density at radius 3 is 2.36 bits per heavy atom. The van der Waals surface area contributed by atoms with Crippen molar-refractivity contribution in [3.8, 4) is 5.69 Å². The number of benzene rings is 2. The lowest BCUT2D eigenvalue weighted by Crippen LogP contribution is -2.33. The van der Waals surface area contributed by atoms with Crippen LogP contribution < -0.4 is 10.9 Å². The molecule has 0 radical (unpaired) electrons. The van der Waals surface area contributed by atoms with Gasteiger partial charge in [-0.25, -0.2) is 4.21 Å². The highest BCUT2D eigenvalue weighted by molar-refractivity contribution is 14.1. The van der Waals surface area contributed by atoms with Gasteiger partial charge in [0.1, 0.15) is 5.56 Å². The fourth-order valence-corrected chi connectivity index (χ4v) is 4.17. The van der Waals surface area contributed by atoms with E-state index in [0.29, 0.717) is 20.4 Å². The summed E-state index contributed by atoms with van der Waals surface area (Å²) in [5.74, 6) is -0.678. The molecule has 0 saturated carbocycles. The first-order valence-electron chi connectivity index (χ1n) is 9.50. The normalized spacial score (nSPS) is 12.4.